The average Bonchev–Trinajstić information content (AvgIpc) is 3.17. The highest BCUT2D eigenvalue weighted by atomic mass is 15.4. The zero-order valence-electron chi connectivity index (χ0n) is 13.8. The first-order valence-electron chi connectivity index (χ1n) is 8.27. The maximum absolute atomic E-state index is 9.00. The second-order valence-electron chi connectivity index (χ2n) is 6.83. The molecule has 23 heavy (non-hydrogen) atoms. The van der Waals surface area contributed by atoms with E-state index in [9.17, 15) is 0 Å². The van der Waals surface area contributed by atoms with Gasteiger partial charge in [0, 0.05) is 25.2 Å². The molecule has 0 spiro atoms. The molecule has 0 N–H and O–H groups in total. The molecule has 1 aliphatic heterocycles. The molecule has 1 aromatic heterocycles. The van der Waals surface area contributed by atoms with Crippen molar-refractivity contribution in [3.63, 3.8) is 0 Å². The molecule has 2 aromatic rings. The van der Waals surface area contributed by atoms with Crippen LogP contribution in [0.3, 0.4) is 0 Å². The molecule has 1 aliphatic rings. The highest BCUT2D eigenvalue weighted by Crippen LogP contribution is 2.21. The van der Waals surface area contributed by atoms with Gasteiger partial charge < -0.3 is 4.90 Å². The van der Waals surface area contributed by atoms with Gasteiger partial charge in [-0.2, -0.15) is 5.26 Å². The van der Waals surface area contributed by atoms with Gasteiger partial charge in [0.1, 0.15) is 5.69 Å². The Labute approximate surface area is 137 Å². The van der Waals surface area contributed by atoms with Crippen molar-refractivity contribution in [2.24, 2.45) is 11.8 Å². The number of rotatable bonds is 5. The minimum Gasteiger partial charge on any atom is -0.303 e. The molecule has 0 saturated carbocycles. The lowest BCUT2D eigenvalue weighted by molar-refractivity contribution is 0.280. The van der Waals surface area contributed by atoms with E-state index < -0.39 is 0 Å². The van der Waals surface area contributed by atoms with Crippen LogP contribution in [0.1, 0.15) is 25.8 Å². The molecule has 1 aromatic carbocycles. The average molecular weight is 309 g/mol. The second-order valence-corrected chi connectivity index (χ2v) is 6.83. The molecule has 5 heteroatoms. The van der Waals surface area contributed by atoms with Crippen LogP contribution in [0.2, 0.25) is 0 Å². The van der Waals surface area contributed by atoms with E-state index in [0.717, 1.165) is 30.3 Å². The number of nitrogens with zero attached hydrogens (tertiary/aromatic N) is 5. The van der Waals surface area contributed by atoms with Crippen LogP contribution in [0.4, 0.5) is 0 Å². The Kier molecular flexibility index (Phi) is 4.73. The molecule has 5 nitrogen and oxygen atoms in total. The smallest absolute Gasteiger partial charge is 0.113 e. The van der Waals surface area contributed by atoms with Crippen LogP contribution in [0.15, 0.2) is 30.5 Å². The van der Waals surface area contributed by atoms with Crippen molar-refractivity contribution in [3.05, 3.63) is 36.0 Å². The predicted molar refractivity (Wildman–Crippen MR) is 89.6 cm³/mol. The number of likely N-dealkylation sites (tertiary alicyclic amines) is 1. The molecule has 0 unspecified atom stereocenters. The van der Waals surface area contributed by atoms with Crippen LogP contribution >= 0.6 is 0 Å². The summed E-state index contributed by atoms with van der Waals surface area (Å²) in [7, 11) is 0. The summed E-state index contributed by atoms with van der Waals surface area (Å²) in [6.07, 6.45) is 3.22. The maximum atomic E-state index is 9.00. The van der Waals surface area contributed by atoms with Gasteiger partial charge in [-0.1, -0.05) is 31.2 Å². The van der Waals surface area contributed by atoms with E-state index in [2.05, 4.69) is 35.1 Å². The Morgan fingerprint density at radius 2 is 2.26 bits per heavy atom. The number of hydrogen-bond donors (Lipinski definition) is 0. The fourth-order valence-corrected chi connectivity index (χ4v) is 3.28. The summed E-state index contributed by atoms with van der Waals surface area (Å²) >= 11 is 0. The Morgan fingerprint density at radius 1 is 1.39 bits per heavy atom. The van der Waals surface area contributed by atoms with Crippen molar-refractivity contribution in [2.45, 2.75) is 26.8 Å². The van der Waals surface area contributed by atoms with E-state index in [1.165, 1.54) is 19.5 Å². The lowest BCUT2D eigenvalue weighted by atomic mass is 10.1. The SMILES string of the molecule is CC(C)CN1CC[C@@H](Cn2cc(-c3cccc(C#N)c3)nn2)C1. The van der Waals surface area contributed by atoms with Crippen LogP contribution in [0, 0.1) is 23.2 Å². The third kappa shape index (κ3) is 3.96. The molecule has 1 saturated heterocycles. The van der Waals surface area contributed by atoms with Gasteiger partial charge in [0.15, 0.2) is 0 Å². The molecule has 0 bridgehead atoms. The quantitative estimate of drug-likeness (QED) is 0.852. The molecule has 2 heterocycles. The summed E-state index contributed by atoms with van der Waals surface area (Å²) in [5.41, 5.74) is 2.43. The molecular formula is C18H23N5. The summed E-state index contributed by atoms with van der Waals surface area (Å²) in [6, 6.07) is 9.67. The molecule has 0 aliphatic carbocycles. The molecule has 1 atom stereocenters. The standard InChI is InChI=1S/C18H23N5/c1-14(2)10-22-7-6-16(11-22)12-23-13-18(20-21-23)17-5-3-4-15(8-17)9-19/h3-5,8,13-14,16H,6-7,10-12H2,1-2H3/t16-/m1/s1. The molecule has 0 radical (unpaired) electrons. The van der Waals surface area contributed by atoms with Gasteiger partial charge in [0.2, 0.25) is 0 Å². The minimum absolute atomic E-state index is 0.647. The van der Waals surface area contributed by atoms with Gasteiger partial charge in [0.25, 0.3) is 0 Å². The predicted octanol–water partition coefficient (Wildman–Crippen LogP) is 2.79. The van der Waals surface area contributed by atoms with Gasteiger partial charge in [-0.25, -0.2) is 0 Å². The molecule has 120 valence electrons. The van der Waals surface area contributed by atoms with E-state index in [4.69, 9.17) is 5.26 Å². The van der Waals surface area contributed by atoms with E-state index in [1.807, 2.05) is 29.1 Å². The summed E-state index contributed by atoms with van der Waals surface area (Å²) in [6.45, 7) is 8.98. The van der Waals surface area contributed by atoms with Gasteiger partial charge in [0.05, 0.1) is 17.8 Å². The first-order valence-corrected chi connectivity index (χ1v) is 8.27. The number of benzene rings is 1. The van der Waals surface area contributed by atoms with E-state index >= 15 is 0 Å². The first-order chi connectivity index (χ1) is 11.1. The maximum Gasteiger partial charge on any atom is 0.113 e. The van der Waals surface area contributed by atoms with Gasteiger partial charge >= 0.3 is 0 Å². The zero-order valence-corrected chi connectivity index (χ0v) is 13.8. The fourth-order valence-electron chi connectivity index (χ4n) is 3.28. The van der Waals surface area contributed by atoms with Crippen LogP contribution in [-0.4, -0.2) is 39.5 Å². The third-order valence-corrected chi connectivity index (χ3v) is 4.26. The highest BCUT2D eigenvalue weighted by Gasteiger charge is 2.23. The lowest BCUT2D eigenvalue weighted by Crippen LogP contribution is -2.26. The third-order valence-electron chi connectivity index (χ3n) is 4.26. The van der Waals surface area contributed by atoms with Gasteiger partial charge in [-0.3, -0.25) is 4.68 Å². The van der Waals surface area contributed by atoms with Crippen molar-refractivity contribution in [2.75, 3.05) is 19.6 Å². The lowest BCUT2D eigenvalue weighted by Gasteiger charge is -2.18. The monoisotopic (exact) mass is 309 g/mol. The van der Waals surface area contributed by atoms with Crippen LogP contribution in [0.25, 0.3) is 11.3 Å². The molecule has 1 fully saturated rings. The van der Waals surface area contributed by atoms with Crippen LogP contribution in [-0.2, 0) is 6.54 Å². The first kappa shape index (κ1) is 15.7. The topological polar surface area (TPSA) is 57.7 Å². The van der Waals surface area contributed by atoms with Crippen molar-refractivity contribution >= 4 is 0 Å². The molecular weight excluding hydrogens is 286 g/mol. The molecule has 3 rings (SSSR count). The van der Waals surface area contributed by atoms with Crippen molar-refractivity contribution in [1.29, 1.82) is 5.26 Å². The molecule has 0 amide bonds. The summed E-state index contributed by atoms with van der Waals surface area (Å²) in [5.74, 6) is 1.37. The Morgan fingerprint density at radius 3 is 3.04 bits per heavy atom. The minimum atomic E-state index is 0.647. The highest BCUT2D eigenvalue weighted by molar-refractivity contribution is 5.60. The van der Waals surface area contributed by atoms with Crippen molar-refractivity contribution in [1.82, 2.24) is 19.9 Å². The largest absolute Gasteiger partial charge is 0.303 e. The number of aromatic nitrogens is 3. The van der Waals surface area contributed by atoms with Crippen LogP contribution < -0.4 is 0 Å². The number of hydrogen-bond acceptors (Lipinski definition) is 4. The fraction of sp³-hybridized carbons (Fsp3) is 0.500. The van der Waals surface area contributed by atoms with Crippen molar-refractivity contribution < 1.29 is 0 Å². The van der Waals surface area contributed by atoms with Gasteiger partial charge in [-0.05, 0) is 36.9 Å². The van der Waals surface area contributed by atoms with Crippen molar-refractivity contribution in [3.8, 4) is 17.3 Å². The Bertz CT molecular complexity index is 697. The van der Waals surface area contributed by atoms with E-state index in [1.54, 1.807) is 6.07 Å². The van der Waals surface area contributed by atoms with E-state index in [0.29, 0.717) is 11.5 Å². The number of nitriles is 1. The normalized spacial score (nSPS) is 18.4. The second kappa shape index (κ2) is 6.93. The Balaban J connectivity index is 1.63. The zero-order chi connectivity index (χ0) is 16.2. The summed E-state index contributed by atoms with van der Waals surface area (Å²) in [4.78, 5) is 2.55. The van der Waals surface area contributed by atoms with Crippen LogP contribution in [0.5, 0.6) is 0 Å². The van der Waals surface area contributed by atoms with E-state index in [-0.39, 0.29) is 0 Å². The summed E-state index contributed by atoms with van der Waals surface area (Å²) in [5, 5.41) is 17.5. The van der Waals surface area contributed by atoms with Gasteiger partial charge in [-0.15, -0.1) is 5.10 Å². The summed E-state index contributed by atoms with van der Waals surface area (Å²) < 4.78 is 1.94. The Hall–Kier alpha value is -2.19.